The van der Waals surface area contributed by atoms with Crippen LogP contribution in [0.4, 0.5) is 4.39 Å². The van der Waals surface area contributed by atoms with Crippen LogP contribution in [0.15, 0.2) is 29.2 Å². The highest BCUT2D eigenvalue weighted by molar-refractivity contribution is 7.89. The first kappa shape index (κ1) is 17.4. The largest absolute Gasteiger partial charge is 0.326 e. The van der Waals surface area contributed by atoms with Gasteiger partial charge >= 0.3 is 0 Å². The Hall–Kier alpha value is -0.690. The van der Waals surface area contributed by atoms with Gasteiger partial charge in [0.25, 0.3) is 0 Å². The fraction of sp³-hybridized carbons (Fsp3) is 0.538. The van der Waals surface area contributed by atoms with Crippen LogP contribution in [0.2, 0.25) is 0 Å². The molecule has 0 saturated carbocycles. The minimum Gasteiger partial charge on any atom is -0.326 e. The molecule has 0 amide bonds. The average molecular weight is 323 g/mol. The zero-order chi connectivity index (χ0) is 14.0. The molecule has 7 heteroatoms. The van der Waals surface area contributed by atoms with Crippen molar-refractivity contribution in [2.75, 3.05) is 6.54 Å². The van der Waals surface area contributed by atoms with Gasteiger partial charge in [0.1, 0.15) is 5.82 Å². The van der Waals surface area contributed by atoms with Crippen LogP contribution in [0.25, 0.3) is 0 Å². The highest BCUT2D eigenvalue weighted by Crippen LogP contribution is 2.26. The molecule has 0 bridgehead atoms. The third-order valence-corrected chi connectivity index (χ3v) is 5.43. The van der Waals surface area contributed by atoms with Crippen LogP contribution in [0.3, 0.4) is 0 Å². The van der Waals surface area contributed by atoms with Crippen molar-refractivity contribution in [1.82, 2.24) is 4.31 Å². The molecule has 20 heavy (non-hydrogen) atoms. The maximum absolute atomic E-state index is 13.2. The van der Waals surface area contributed by atoms with Crippen LogP contribution in [-0.4, -0.2) is 31.4 Å². The van der Waals surface area contributed by atoms with Crippen LogP contribution in [0.1, 0.15) is 26.2 Å². The lowest BCUT2D eigenvalue weighted by molar-refractivity contribution is 0.227. The summed E-state index contributed by atoms with van der Waals surface area (Å²) in [6, 6.07) is 4.68. The number of rotatable bonds is 3. The third kappa shape index (κ3) is 3.49. The molecule has 1 aromatic rings. The molecule has 2 N–H and O–H groups in total. The fourth-order valence-electron chi connectivity index (χ4n) is 2.52. The van der Waals surface area contributed by atoms with Crippen LogP contribution in [-0.2, 0) is 10.0 Å². The Morgan fingerprint density at radius 3 is 2.70 bits per heavy atom. The van der Waals surface area contributed by atoms with E-state index in [9.17, 15) is 12.8 Å². The number of benzene rings is 1. The van der Waals surface area contributed by atoms with Crippen molar-refractivity contribution in [1.29, 1.82) is 0 Å². The van der Waals surface area contributed by atoms with Crippen molar-refractivity contribution in [2.24, 2.45) is 5.73 Å². The Morgan fingerprint density at radius 2 is 2.10 bits per heavy atom. The van der Waals surface area contributed by atoms with Crippen molar-refractivity contribution in [3.05, 3.63) is 30.1 Å². The van der Waals surface area contributed by atoms with Gasteiger partial charge in [-0.05, 0) is 38.0 Å². The molecule has 1 aliphatic rings. The highest BCUT2D eigenvalue weighted by Gasteiger charge is 2.35. The van der Waals surface area contributed by atoms with Crippen molar-refractivity contribution in [2.45, 2.75) is 43.2 Å². The van der Waals surface area contributed by atoms with Crippen molar-refractivity contribution >= 4 is 22.4 Å². The number of sulfonamides is 1. The Kier molecular flexibility index (Phi) is 5.94. The summed E-state index contributed by atoms with van der Waals surface area (Å²) in [7, 11) is -3.67. The predicted molar refractivity (Wildman–Crippen MR) is 78.8 cm³/mol. The molecule has 2 rings (SSSR count). The van der Waals surface area contributed by atoms with Gasteiger partial charge in [-0.15, -0.1) is 12.4 Å². The first-order valence-corrected chi connectivity index (χ1v) is 7.90. The first-order chi connectivity index (χ1) is 8.93. The second-order valence-corrected chi connectivity index (χ2v) is 6.89. The molecule has 1 aliphatic heterocycles. The van der Waals surface area contributed by atoms with E-state index in [1.807, 2.05) is 6.92 Å². The number of halogens is 2. The molecule has 1 saturated heterocycles. The molecule has 114 valence electrons. The van der Waals surface area contributed by atoms with Crippen LogP contribution in [0, 0.1) is 5.82 Å². The van der Waals surface area contributed by atoms with Crippen LogP contribution >= 0.6 is 12.4 Å². The standard InChI is InChI=1S/C13H19FN2O2S.ClH/c1-10(15)13-7-2-3-8-16(13)19(17,18)12-6-4-5-11(14)9-12;/h4-6,9-10,13H,2-3,7-8,15H2,1H3;1H. The normalized spacial score (nSPS) is 22.1. The predicted octanol–water partition coefficient (Wildman–Crippen LogP) is 2.14. The maximum Gasteiger partial charge on any atom is 0.243 e. The molecule has 2 atom stereocenters. The van der Waals surface area contributed by atoms with Crippen molar-refractivity contribution < 1.29 is 12.8 Å². The fourth-order valence-corrected chi connectivity index (χ4v) is 4.32. The van der Waals surface area contributed by atoms with Gasteiger partial charge in [-0.1, -0.05) is 12.5 Å². The van der Waals surface area contributed by atoms with E-state index in [1.165, 1.54) is 22.5 Å². The molecule has 0 spiro atoms. The molecule has 2 unspecified atom stereocenters. The molecule has 1 aromatic carbocycles. The zero-order valence-electron chi connectivity index (χ0n) is 11.3. The summed E-state index contributed by atoms with van der Waals surface area (Å²) < 4.78 is 39.8. The number of nitrogens with zero attached hydrogens (tertiary/aromatic N) is 1. The Morgan fingerprint density at radius 1 is 1.40 bits per heavy atom. The minimum atomic E-state index is -3.67. The Bertz CT molecular complexity index is 551. The summed E-state index contributed by atoms with van der Waals surface area (Å²) in [5, 5.41) is 0. The quantitative estimate of drug-likeness (QED) is 0.927. The van der Waals surface area contributed by atoms with Gasteiger partial charge < -0.3 is 5.73 Å². The van der Waals surface area contributed by atoms with Crippen LogP contribution < -0.4 is 5.73 Å². The molecule has 0 aromatic heterocycles. The van der Waals surface area contributed by atoms with Crippen LogP contribution in [0.5, 0.6) is 0 Å². The Balaban J connectivity index is 0.00000200. The number of hydrogen-bond donors (Lipinski definition) is 1. The highest BCUT2D eigenvalue weighted by atomic mass is 35.5. The minimum absolute atomic E-state index is 0. The van der Waals surface area contributed by atoms with Gasteiger partial charge in [0.05, 0.1) is 4.90 Å². The molecule has 0 radical (unpaired) electrons. The van der Waals surface area contributed by atoms with E-state index in [4.69, 9.17) is 5.73 Å². The molecule has 4 nitrogen and oxygen atoms in total. The second-order valence-electron chi connectivity index (χ2n) is 5.00. The van der Waals surface area contributed by atoms with Gasteiger partial charge in [-0.2, -0.15) is 4.31 Å². The van der Waals surface area contributed by atoms with Gasteiger partial charge in [0.2, 0.25) is 10.0 Å². The molecule has 0 aliphatic carbocycles. The SMILES string of the molecule is CC(N)C1CCCCN1S(=O)(=O)c1cccc(F)c1.Cl. The molecular formula is C13H20ClFN2O2S. The summed E-state index contributed by atoms with van der Waals surface area (Å²) >= 11 is 0. The van der Waals surface area contributed by atoms with E-state index < -0.39 is 15.8 Å². The number of hydrogen-bond acceptors (Lipinski definition) is 3. The lowest BCUT2D eigenvalue weighted by Crippen LogP contribution is -2.51. The summed E-state index contributed by atoms with van der Waals surface area (Å²) in [6.45, 7) is 2.26. The lowest BCUT2D eigenvalue weighted by atomic mass is 10.00. The third-order valence-electron chi connectivity index (χ3n) is 3.51. The smallest absolute Gasteiger partial charge is 0.243 e. The number of piperidine rings is 1. The van der Waals surface area contributed by atoms with E-state index in [2.05, 4.69) is 0 Å². The lowest BCUT2D eigenvalue weighted by Gasteiger charge is -2.36. The maximum atomic E-state index is 13.2. The van der Waals surface area contributed by atoms with Crippen molar-refractivity contribution in [3.63, 3.8) is 0 Å². The van der Waals surface area contributed by atoms with Gasteiger partial charge in [-0.3, -0.25) is 0 Å². The van der Waals surface area contributed by atoms with E-state index in [0.29, 0.717) is 6.54 Å². The van der Waals surface area contributed by atoms with E-state index >= 15 is 0 Å². The summed E-state index contributed by atoms with van der Waals surface area (Å²) in [6.07, 6.45) is 2.55. The summed E-state index contributed by atoms with van der Waals surface area (Å²) in [5.41, 5.74) is 5.88. The van der Waals surface area contributed by atoms with Gasteiger partial charge in [0, 0.05) is 18.6 Å². The Labute approximate surface area is 125 Å². The summed E-state index contributed by atoms with van der Waals surface area (Å²) in [4.78, 5) is 0.0000463. The average Bonchev–Trinajstić information content (AvgIpc) is 2.38. The molecule has 1 fully saturated rings. The van der Waals surface area contributed by atoms with E-state index in [0.717, 1.165) is 25.3 Å². The number of nitrogens with two attached hydrogens (primary N) is 1. The van der Waals surface area contributed by atoms with Crippen molar-refractivity contribution in [3.8, 4) is 0 Å². The first-order valence-electron chi connectivity index (χ1n) is 6.46. The monoisotopic (exact) mass is 322 g/mol. The molecular weight excluding hydrogens is 303 g/mol. The summed E-state index contributed by atoms with van der Waals surface area (Å²) in [5.74, 6) is -0.546. The van der Waals surface area contributed by atoms with E-state index in [1.54, 1.807) is 0 Å². The van der Waals surface area contributed by atoms with Gasteiger partial charge in [0.15, 0.2) is 0 Å². The van der Waals surface area contributed by atoms with E-state index in [-0.39, 0.29) is 29.4 Å². The zero-order valence-corrected chi connectivity index (χ0v) is 13.0. The second kappa shape index (κ2) is 6.85. The topological polar surface area (TPSA) is 63.4 Å². The molecule has 1 heterocycles. The van der Waals surface area contributed by atoms with Gasteiger partial charge in [-0.25, -0.2) is 12.8 Å².